The number of pyridine rings is 1. The Bertz CT molecular complexity index is 862. The van der Waals surface area contributed by atoms with Crippen LogP contribution < -0.4 is 5.32 Å². The van der Waals surface area contributed by atoms with Gasteiger partial charge in [-0.1, -0.05) is 23.4 Å². The van der Waals surface area contributed by atoms with Crippen LogP contribution in [0.1, 0.15) is 10.7 Å². The van der Waals surface area contributed by atoms with Crippen molar-refractivity contribution in [2.24, 2.45) is 0 Å². The Labute approximate surface area is 150 Å². The first-order valence-electron chi connectivity index (χ1n) is 6.83. The third-order valence-electron chi connectivity index (χ3n) is 2.83. The molecule has 0 bridgehead atoms. The number of amides is 1. The molecule has 124 valence electrons. The van der Waals surface area contributed by atoms with Crippen LogP contribution in [0.15, 0.2) is 28.0 Å². The lowest BCUT2D eigenvalue weighted by molar-refractivity contribution is -0.113. The highest BCUT2D eigenvalue weighted by molar-refractivity contribution is 7.99. The molecule has 1 amide bonds. The fraction of sp³-hybridized carbons (Fsp3) is 0.214. The summed E-state index contributed by atoms with van der Waals surface area (Å²) in [7, 11) is 0. The number of hydrogen-bond donors (Lipinski definition) is 1. The molecule has 0 saturated heterocycles. The van der Waals surface area contributed by atoms with Crippen LogP contribution >= 0.6 is 34.7 Å². The van der Waals surface area contributed by atoms with Crippen LogP contribution in [0.4, 0.5) is 5.82 Å². The van der Waals surface area contributed by atoms with Crippen molar-refractivity contribution in [1.29, 1.82) is 0 Å². The Morgan fingerprint density at radius 3 is 2.88 bits per heavy atom. The Kier molecular flexibility index (Phi) is 5.12. The third-order valence-corrected chi connectivity index (χ3v) is 4.93. The van der Waals surface area contributed by atoms with E-state index in [2.05, 4.69) is 25.5 Å². The van der Waals surface area contributed by atoms with Gasteiger partial charge in [-0.15, -0.1) is 21.5 Å². The van der Waals surface area contributed by atoms with E-state index in [1.165, 1.54) is 17.5 Å². The van der Waals surface area contributed by atoms with Gasteiger partial charge in [0.1, 0.15) is 10.7 Å². The van der Waals surface area contributed by atoms with Gasteiger partial charge in [0.25, 0.3) is 11.1 Å². The topological polar surface area (TPSA) is 93.8 Å². The Balaban J connectivity index is 1.58. The molecular weight excluding hydrogens is 370 g/mol. The van der Waals surface area contributed by atoms with Gasteiger partial charge in [-0.3, -0.25) is 4.79 Å². The monoisotopic (exact) mass is 381 g/mol. The number of hydrogen-bond acceptors (Lipinski definition) is 8. The normalized spacial score (nSPS) is 10.8. The Morgan fingerprint density at radius 2 is 2.21 bits per heavy atom. The molecule has 3 aromatic rings. The second-order valence-corrected chi connectivity index (χ2v) is 7.29. The quantitative estimate of drug-likeness (QED) is 0.675. The van der Waals surface area contributed by atoms with Crippen molar-refractivity contribution in [3.8, 4) is 10.8 Å². The van der Waals surface area contributed by atoms with Crippen molar-refractivity contribution in [3.63, 3.8) is 0 Å². The third kappa shape index (κ3) is 4.11. The average molecular weight is 382 g/mol. The lowest BCUT2D eigenvalue weighted by Crippen LogP contribution is -2.14. The summed E-state index contributed by atoms with van der Waals surface area (Å²) in [6, 6.07) is 3.28. The minimum atomic E-state index is -0.223. The zero-order valence-electron chi connectivity index (χ0n) is 12.7. The standard InChI is InChI=1S/C14H12ClN5O2S2/c1-7-12(24-8(2)17-7)13-19-20-14(22-13)23-6-11(21)18-10-4-3-9(15)5-16-10/h3-5H,6H2,1-2H3,(H,16,18,21). The van der Waals surface area contributed by atoms with E-state index in [9.17, 15) is 4.79 Å². The van der Waals surface area contributed by atoms with Crippen LogP contribution in [0, 0.1) is 13.8 Å². The molecule has 0 aromatic carbocycles. The number of anilines is 1. The minimum Gasteiger partial charge on any atom is -0.410 e. The first-order chi connectivity index (χ1) is 11.5. The predicted molar refractivity (Wildman–Crippen MR) is 93.5 cm³/mol. The number of aryl methyl sites for hydroxylation is 2. The maximum atomic E-state index is 11.9. The van der Waals surface area contributed by atoms with Gasteiger partial charge in [-0.2, -0.15) is 0 Å². The van der Waals surface area contributed by atoms with Gasteiger partial charge in [0.2, 0.25) is 5.91 Å². The van der Waals surface area contributed by atoms with Crippen molar-refractivity contribution in [1.82, 2.24) is 20.2 Å². The molecule has 0 radical (unpaired) electrons. The number of carbonyl (C=O) groups excluding carboxylic acids is 1. The van der Waals surface area contributed by atoms with Gasteiger partial charge < -0.3 is 9.73 Å². The van der Waals surface area contributed by atoms with E-state index < -0.39 is 0 Å². The molecule has 0 spiro atoms. The Hall–Kier alpha value is -1.97. The summed E-state index contributed by atoms with van der Waals surface area (Å²) in [5, 5.41) is 12.4. The molecule has 0 aliphatic rings. The zero-order valence-corrected chi connectivity index (χ0v) is 15.1. The number of nitrogens with one attached hydrogen (secondary N) is 1. The number of rotatable bonds is 5. The predicted octanol–water partition coefficient (Wildman–Crippen LogP) is 3.59. The Morgan fingerprint density at radius 1 is 1.38 bits per heavy atom. The van der Waals surface area contributed by atoms with Gasteiger partial charge >= 0.3 is 0 Å². The van der Waals surface area contributed by atoms with Crippen LogP contribution in [0.2, 0.25) is 5.02 Å². The summed E-state index contributed by atoms with van der Waals surface area (Å²) in [6.45, 7) is 3.81. The summed E-state index contributed by atoms with van der Waals surface area (Å²) in [6.07, 6.45) is 1.47. The molecule has 1 N–H and O–H groups in total. The largest absolute Gasteiger partial charge is 0.410 e. The first-order valence-corrected chi connectivity index (χ1v) is 9.01. The van der Waals surface area contributed by atoms with E-state index in [1.807, 2.05) is 13.8 Å². The summed E-state index contributed by atoms with van der Waals surface area (Å²) in [5.41, 5.74) is 0.851. The van der Waals surface area contributed by atoms with Crippen molar-refractivity contribution in [2.45, 2.75) is 19.1 Å². The molecule has 0 atom stereocenters. The summed E-state index contributed by atoms with van der Waals surface area (Å²) >= 11 is 8.39. The van der Waals surface area contributed by atoms with Crippen molar-refractivity contribution < 1.29 is 9.21 Å². The van der Waals surface area contributed by atoms with Crippen molar-refractivity contribution in [2.75, 3.05) is 11.1 Å². The molecule has 0 aliphatic heterocycles. The molecule has 10 heteroatoms. The average Bonchev–Trinajstić information content (AvgIpc) is 3.13. The zero-order chi connectivity index (χ0) is 17.1. The molecule has 3 rings (SSSR count). The number of thioether (sulfide) groups is 1. The molecule has 0 unspecified atom stereocenters. The van der Waals surface area contributed by atoms with E-state index in [0.29, 0.717) is 22.0 Å². The highest BCUT2D eigenvalue weighted by Crippen LogP contribution is 2.30. The van der Waals surface area contributed by atoms with Gasteiger partial charge in [0, 0.05) is 6.20 Å². The van der Waals surface area contributed by atoms with E-state index >= 15 is 0 Å². The number of halogens is 1. The van der Waals surface area contributed by atoms with Crippen LogP contribution in [-0.2, 0) is 4.79 Å². The lowest BCUT2D eigenvalue weighted by Gasteiger charge is -2.02. The van der Waals surface area contributed by atoms with Gasteiger partial charge in [-0.25, -0.2) is 9.97 Å². The highest BCUT2D eigenvalue weighted by Gasteiger charge is 2.16. The van der Waals surface area contributed by atoms with Crippen LogP contribution in [0.3, 0.4) is 0 Å². The number of thiazole rings is 1. The van der Waals surface area contributed by atoms with E-state index in [-0.39, 0.29) is 11.7 Å². The van der Waals surface area contributed by atoms with Crippen LogP contribution in [0.5, 0.6) is 0 Å². The SMILES string of the molecule is Cc1nc(C)c(-c2nnc(SCC(=O)Nc3ccc(Cl)cn3)o2)s1. The van der Waals surface area contributed by atoms with Gasteiger partial charge in [0.15, 0.2) is 0 Å². The maximum Gasteiger partial charge on any atom is 0.277 e. The van der Waals surface area contributed by atoms with E-state index in [0.717, 1.165) is 27.3 Å². The van der Waals surface area contributed by atoms with E-state index in [1.54, 1.807) is 12.1 Å². The van der Waals surface area contributed by atoms with Crippen LogP contribution in [0.25, 0.3) is 10.8 Å². The maximum absolute atomic E-state index is 11.9. The molecule has 0 aliphatic carbocycles. The smallest absolute Gasteiger partial charge is 0.277 e. The van der Waals surface area contributed by atoms with Gasteiger partial charge in [0.05, 0.1) is 21.5 Å². The molecule has 24 heavy (non-hydrogen) atoms. The lowest BCUT2D eigenvalue weighted by atomic mass is 10.4. The molecule has 0 saturated carbocycles. The van der Waals surface area contributed by atoms with Crippen molar-refractivity contribution >= 4 is 46.4 Å². The molecule has 3 heterocycles. The van der Waals surface area contributed by atoms with Crippen molar-refractivity contribution in [3.05, 3.63) is 34.1 Å². The molecule has 0 fully saturated rings. The number of carbonyl (C=O) groups is 1. The first kappa shape index (κ1) is 16.9. The fourth-order valence-electron chi connectivity index (χ4n) is 1.85. The molecule has 7 nitrogen and oxygen atoms in total. The second-order valence-electron chi connectivity index (χ2n) is 4.72. The minimum absolute atomic E-state index is 0.132. The van der Waals surface area contributed by atoms with Crippen LogP contribution in [-0.4, -0.2) is 31.8 Å². The number of aromatic nitrogens is 4. The molecule has 3 aromatic heterocycles. The fourth-order valence-corrected chi connectivity index (χ4v) is 3.36. The second kappa shape index (κ2) is 7.29. The highest BCUT2D eigenvalue weighted by atomic mass is 35.5. The summed E-state index contributed by atoms with van der Waals surface area (Å²) < 4.78 is 5.58. The van der Waals surface area contributed by atoms with E-state index in [4.69, 9.17) is 16.0 Å². The molecular formula is C14H12ClN5O2S2. The van der Waals surface area contributed by atoms with Gasteiger partial charge in [-0.05, 0) is 26.0 Å². The summed E-state index contributed by atoms with van der Waals surface area (Å²) in [5.74, 6) is 0.763. The number of nitrogens with zero attached hydrogens (tertiary/aromatic N) is 4. The summed E-state index contributed by atoms with van der Waals surface area (Å²) in [4.78, 5) is 21.1.